The Morgan fingerprint density at radius 1 is 1.10 bits per heavy atom. The van der Waals surface area contributed by atoms with Gasteiger partial charge < -0.3 is 9.42 Å². The maximum Gasteiger partial charge on any atom is 0.253 e. The number of aryl methyl sites for hydroxylation is 1. The maximum absolute atomic E-state index is 13.1. The molecular weight excluding hydrogens is 381 g/mol. The van der Waals surface area contributed by atoms with Gasteiger partial charge in [0, 0.05) is 30.1 Å². The van der Waals surface area contributed by atoms with Gasteiger partial charge in [-0.2, -0.15) is 4.98 Å². The van der Waals surface area contributed by atoms with Crippen LogP contribution in [0.25, 0.3) is 11.4 Å². The largest absolute Gasteiger partial charge is 0.339 e. The maximum atomic E-state index is 13.1. The highest BCUT2D eigenvalue weighted by atomic mass is 19.1. The van der Waals surface area contributed by atoms with Crippen molar-refractivity contribution in [2.24, 2.45) is 0 Å². The van der Waals surface area contributed by atoms with E-state index in [1.807, 2.05) is 17.0 Å². The fourth-order valence-electron chi connectivity index (χ4n) is 3.82. The van der Waals surface area contributed by atoms with Crippen LogP contribution in [0.4, 0.5) is 4.39 Å². The summed E-state index contributed by atoms with van der Waals surface area (Å²) in [5.41, 5.74) is 2.74. The molecule has 0 bridgehead atoms. The second-order valence-corrected chi connectivity index (χ2v) is 7.83. The molecule has 0 spiro atoms. The third-order valence-corrected chi connectivity index (χ3v) is 5.70. The molecule has 1 aromatic heterocycles. The summed E-state index contributed by atoms with van der Waals surface area (Å²) in [6.07, 6.45) is 4.96. The van der Waals surface area contributed by atoms with Gasteiger partial charge in [-0.3, -0.25) is 4.79 Å². The number of halogens is 1. The van der Waals surface area contributed by atoms with Gasteiger partial charge in [-0.15, -0.1) is 0 Å². The van der Waals surface area contributed by atoms with Gasteiger partial charge in [-0.25, -0.2) is 4.39 Å². The number of nitrogens with zero attached hydrogens (tertiary/aromatic N) is 3. The minimum atomic E-state index is -0.296. The first-order chi connectivity index (χ1) is 14.6. The van der Waals surface area contributed by atoms with E-state index < -0.39 is 0 Å². The summed E-state index contributed by atoms with van der Waals surface area (Å²) in [5, 5.41) is 4.03. The standard InChI is InChI=1S/C24H26FN3O2/c1-2-3-4-17-5-7-20(8-6-17)24(29)28-15-13-19(14-16-28)23-26-22(27-30-23)18-9-11-21(25)12-10-18/h5-12,19H,2-4,13-16H2,1H3. The van der Waals surface area contributed by atoms with E-state index in [4.69, 9.17) is 4.52 Å². The second kappa shape index (κ2) is 9.20. The molecule has 0 atom stereocenters. The lowest BCUT2D eigenvalue weighted by molar-refractivity contribution is 0.0704. The van der Waals surface area contributed by atoms with Crippen LogP contribution in [0, 0.1) is 5.82 Å². The van der Waals surface area contributed by atoms with Crippen LogP contribution in [0.15, 0.2) is 53.1 Å². The van der Waals surface area contributed by atoms with Gasteiger partial charge in [0.2, 0.25) is 11.7 Å². The lowest BCUT2D eigenvalue weighted by Gasteiger charge is -2.30. The number of unbranched alkanes of at least 4 members (excludes halogenated alkanes) is 1. The number of piperidine rings is 1. The van der Waals surface area contributed by atoms with Gasteiger partial charge >= 0.3 is 0 Å². The Balaban J connectivity index is 1.34. The molecule has 1 amide bonds. The van der Waals surface area contributed by atoms with Crippen LogP contribution in [0.5, 0.6) is 0 Å². The quantitative estimate of drug-likeness (QED) is 0.561. The van der Waals surface area contributed by atoms with Gasteiger partial charge in [-0.1, -0.05) is 30.6 Å². The van der Waals surface area contributed by atoms with Crippen molar-refractivity contribution in [3.8, 4) is 11.4 Å². The summed E-state index contributed by atoms with van der Waals surface area (Å²) >= 11 is 0. The molecule has 0 N–H and O–H groups in total. The molecule has 30 heavy (non-hydrogen) atoms. The molecule has 4 rings (SSSR count). The smallest absolute Gasteiger partial charge is 0.253 e. The zero-order chi connectivity index (χ0) is 20.9. The molecule has 3 aromatic rings. The Kier molecular flexibility index (Phi) is 6.21. The zero-order valence-corrected chi connectivity index (χ0v) is 17.2. The first-order valence-corrected chi connectivity index (χ1v) is 10.6. The van der Waals surface area contributed by atoms with Gasteiger partial charge in [0.05, 0.1) is 0 Å². The molecule has 1 saturated heterocycles. The van der Waals surface area contributed by atoms with Crippen molar-refractivity contribution in [3.63, 3.8) is 0 Å². The molecule has 5 nitrogen and oxygen atoms in total. The number of benzene rings is 2. The van der Waals surface area contributed by atoms with E-state index in [2.05, 4.69) is 29.2 Å². The third-order valence-electron chi connectivity index (χ3n) is 5.70. The molecule has 2 aromatic carbocycles. The molecule has 156 valence electrons. The average molecular weight is 407 g/mol. The summed E-state index contributed by atoms with van der Waals surface area (Å²) in [7, 11) is 0. The summed E-state index contributed by atoms with van der Waals surface area (Å²) in [6.45, 7) is 3.50. The van der Waals surface area contributed by atoms with Crippen LogP contribution in [0.2, 0.25) is 0 Å². The fourth-order valence-corrected chi connectivity index (χ4v) is 3.82. The first-order valence-electron chi connectivity index (χ1n) is 10.6. The van der Waals surface area contributed by atoms with E-state index in [1.165, 1.54) is 30.5 Å². The van der Waals surface area contributed by atoms with Crippen LogP contribution in [0.3, 0.4) is 0 Å². The van der Waals surface area contributed by atoms with Crippen molar-refractivity contribution in [2.45, 2.75) is 44.9 Å². The number of aromatic nitrogens is 2. The highest BCUT2D eigenvalue weighted by Gasteiger charge is 2.28. The third kappa shape index (κ3) is 4.58. The summed E-state index contributed by atoms with van der Waals surface area (Å²) < 4.78 is 18.6. The molecule has 6 heteroatoms. The molecule has 0 aliphatic carbocycles. The average Bonchev–Trinajstić information content (AvgIpc) is 3.28. The lowest BCUT2D eigenvalue weighted by atomic mass is 9.96. The van der Waals surface area contributed by atoms with Crippen LogP contribution >= 0.6 is 0 Å². The Labute approximate surface area is 175 Å². The van der Waals surface area contributed by atoms with E-state index >= 15 is 0 Å². The lowest BCUT2D eigenvalue weighted by Crippen LogP contribution is -2.38. The molecular formula is C24H26FN3O2. The normalized spacial score (nSPS) is 14.8. The van der Waals surface area contributed by atoms with Gasteiger partial charge in [-0.05, 0) is 67.6 Å². The Morgan fingerprint density at radius 3 is 2.47 bits per heavy atom. The van der Waals surface area contributed by atoms with Crippen molar-refractivity contribution < 1.29 is 13.7 Å². The Morgan fingerprint density at radius 2 is 1.80 bits per heavy atom. The van der Waals surface area contributed by atoms with E-state index in [9.17, 15) is 9.18 Å². The van der Waals surface area contributed by atoms with E-state index in [-0.39, 0.29) is 17.6 Å². The topological polar surface area (TPSA) is 59.2 Å². The van der Waals surface area contributed by atoms with Gasteiger partial charge in [0.15, 0.2) is 0 Å². The predicted molar refractivity (Wildman–Crippen MR) is 113 cm³/mol. The van der Waals surface area contributed by atoms with Crippen LogP contribution in [0.1, 0.15) is 60.3 Å². The molecule has 1 aliphatic rings. The Hall–Kier alpha value is -3.02. The van der Waals surface area contributed by atoms with Crippen molar-refractivity contribution in [1.29, 1.82) is 0 Å². The number of rotatable bonds is 6. The van der Waals surface area contributed by atoms with Crippen molar-refractivity contribution >= 4 is 5.91 Å². The SMILES string of the molecule is CCCCc1ccc(C(=O)N2CCC(c3nc(-c4ccc(F)cc4)no3)CC2)cc1. The second-order valence-electron chi connectivity index (χ2n) is 7.83. The number of amides is 1. The molecule has 1 fully saturated rings. The molecule has 0 radical (unpaired) electrons. The monoisotopic (exact) mass is 407 g/mol. The molecule has 0 unspecified atom stereocenters. The number of carbonyl (C=O) groups is 1. The van der Waals surface area contributed by atoms with E-state index in [0.717, 1.165) is 30.4 Å². The van der Waals surface area contributed by atoms with E-state index in [1.54, 1.807) is 12.1 Å². The highest BCUT2D eigenvalue weighted by Crippen LogP contribution is 2.29. The summed E-state index contributed by atoms with van der Waals surface area (Å²) in [6, 6.07) is 14.0. The fraction of sp³-hybridized carbons (Fsp3) is 0.375. The van der Waals surface area contributed by atoms with Gasteiger partial charge in [0.1, 0.15) is 5.82 Å². The van der Waals surface area contributed by atoms with Crippen LogP contribution in [-0.2, 0) is 6.42 Å². The van der Waals surface area contributed by atoms with Crippen molar-refractivity contribution in [3.05, 3.63) is 71.4 Å². The predicted octanol–water partition coefficient (Wildman–Crippen LogP) is 5.24. The minimum absolute atomic E-state index is 0.0769. The molecule has 2 heterocycles. The zero-order valence-electron chi connectivity index (χ0n) is 17.2. The Bertz CT molecular complexity index is 974. The first kappa shape index (κ1) is 20.3. The van der Waals surface area contributed by atoms with Crippen molar-refractivity contribution in [1.82, 2.24) is 15.0 Å². The minimum Gasteiger partial charge on any atom is -0.339 e. The van der Waals surface area contributed by atoms with Crippen LogP contribution in [-0.4, -0.2) is 34.0 Å². The number of likely N-dealkylation sites (tertiary alicyclic amines) is 1. The van der Waals surface area contributed by atoms with Crippen LogP contribution < -0.4 is 0 Å². The number of hydrogen-bond donors (Lipinski definition) is 0. The summed E-state index contributed by atoms with van der Waals surface area (Å²) in [5.74, 6) is 0.962. The van der Waals surface area contributed by atoms with Crippen molar-refractivity contribution in [2.75, 3.05) is 13.1 Å². The number of carbonyl (C=O) groups excluding carboxylic acids is 1. The molecule has 0 saturated carbocycles. The summed E-state index contributed by atoms with van der Waals surface area (Å²) in [4.78, 5) is 19.2. The highest BCUT2D eigenvalue weighted by molar-refractivity contribution is 5.94. The van der Waals surface area contributed by atoms with E-state index in [0.29, 0.717) is 24.8 Å². The molecule has 1 aliphatic heterocycles. The number of hydrogen-bond acceptors (Lipinski definition) is 4. The van der Waals surface area contributed by atoms with Gasteiger partial charge in [0.25, 0.3) is 5.91 Å².